The summed E-state index contributed by atoms with van der Waals surface area (Å²) in [6, 6.07) is 7.68. The minimum absolute atomic E-state index is 0.00631. The van der Waals surface area contributed by atoms with Gasteiger partial charge in [-0.1, -0.05) is 29.8 Å². The van der Waals surface area contributed by atoms with E-state index in [2.05, 4.69) is 5.32 Å². The van der Waals surface area contributed by atoms with Gasteiger partial charge in [0.2, 0.25) is 5.91 Å². The standard InChI is InChI=1S/C15H17NO4/c1-11-3-2-4-12(9-11)5-6-13(17)16-15(14(18)19)7-8-20-10-15/h2-6,9H,7-8,10H2,1H3,(H,16,17)(H,18,19). The van der Waals surface area contributed by atoms with Crippen molar-refractivity contribution in [2.24, 2.45) is 0 Å². The highest BCUT2D eigenvalue weighted by atomic mass is 16.5. The molecular formula is C15H17NO4. The molecule has 0 aromatic heterocycles. The Bertz CT molecular complexity index is 545. The molecule has 1 unspecified atom stereocenters. The number of hydrogen-bond donors (Lipinski definition) is 2. The molecule has 0 spiro atoms. The van der Waals surface area contributed by atoms with Crippen molar-refractivity contribution >= 4 is 18.0 Å². The van der Waals surface area contributed by atoms with E-state index in [0.29, 0.717) is 6.61 Å². The third-order valence-corrected chi connectivity index (χ3v) is 3.26. The van der Waals surface area contributed by atoms with Crippen LogP contribution in [0.15, 0.2) is 30.3 Å². The summed E-state index contributed by atoms with van der Waals surface area (Å²) in [4.78, 5) is 23.1. The molecule has 5 heteroatoms. The zero-order chi connectivity index (χ0) is 14.6. The topological polar surface area (TPSA) is 75.6 Å². The van der Waals surface area contributed by atoms with Crippen molar-refractivity contribution in [1.82, 2.24) is 5.32 Å². The normalized spacial score (nSPS) is 22.1. The number of carboxylic acids is 1. The summed E-state index contributed by atoms with van der Waals surface area (Å²) < 4.78 is 5.08. The maximum Gasteiger partial charge on any atom is 0.331 e. The molecule has 1 aromatic rings. The van der Waals surface area contributed by atoms with E-state index in [0.717, 1.165) is 11.1 Å². The first kappa shape index (κ1) is 14.3. The van der Waals surface area contributed by atoms with E-state index in [1.165, 1.54) is 6.08 Å². The van der Waals surface area contributed by atoms with Crippen LogP contribution in [-0.2, 0) is 14.3 Å². The van der Waals surface area contributed by atoms with Gasteiger partial charge in [0.1, 0.15) is 0 Å². The van der Waals surface area contributed by atoms with Crippen molar-refractivity contribution in [3.63, 3.8) is 0 Å². The molecule has 0 radical (unpaired) electrons. The third kappa shape index (κ3) is 3.24. The molecule has 1 amide bonds. The molecule has 2 N–H and O–H groups in total. The molecule has 1 atom stereocenters. The van der Waals surface area contributed by atoms with Crippen molar-refractivity contribution in [3.8, 4) is 0 Å². The van der Waals surface area contributed by atoms with Crippen LogP contribution in [0.3, 0.4) is 0 Å². The average molecular weight is 275 g/mol. The molecule has 0 aliphatic carbocycles. The number of aryl methyl sites for hydroxylation is 1. The largest absolute Gasteiger partial charge is 0.479 e. The zero-order valence-corrected chi connectivity index (χ0v) is 11.3. The number of rotatable bonds is 4. The van der Waals surface area contributed by atoms with Crippen LogP contribution in [0.25, 0.3) is 6.08 Å². The number of hydrogen-bond acceptors (Lipinski definition) is 3. The molecule has 2 rings (SSSR count). The average Bonchev–Trinajstić information content (AvgIpc) is 2.86. The third-order valence-electron chi connectivity index (χ3n) is 3.26. The predicted octanol–water partition coefficient (Wildman–Crippen LogP) is 1.37. The van der Waals surface area contributed by atoms with Gasteiger partial charge in [-0.2, -0.15) is 0 Å². The number of carboxylic acid groups (broad SMARTS) is 1. The number of amides is 1. The lowest BCUT2D eigenvalue weighted by molar-refractivity contribution is -0.147. The highest BCUT2D eigenvalue weighted by Gasteiger charge is 2.43. The van der Waals surface area contributed by atoms with E-state index in [4.69, 9.17) is 4.74 Å². The Balaban J connectivity index is 2.03. The molecule has 1 aliphatic heterocycles. The first-order valence-corrected chi connectivity index (χ1v) is 6.40. The number of benzene rings is 1. The van der Waals surface area contributed by atoms with E-state index in [-0.39, 0.29) is 13.0 Å². The summed E-state index contributed by atoms with van der Waals surface area (Å²) in [5, 5.41) is 11.7. The Morgan fingerprint density at radius 1 is 1.45 bits per heavy atom. The Morgan fingerprint density at radius 2 is 2.25 bits per heavy atom. The maximum atomic E-state index is 11.9. The fourth-order valence-electron chi connectivity index (χ4n) is 2.11. The minimum Gasteiger partial charge on any atom is -0.479 e. The lowest BCUT2D eigenvalue weighted by atomic mass is 9.99. The first-order valence-electron chi connectivity index (χ1n) is 6.40. The Kier molecular flexibility index (Phi) is 4.20. The molecule has 20 heavy (non-hydrogen) atoms. The number of aliphatic carboxylic acids is 1. The molecule has 1 fully saturated rings. The summed E-state index contributed by atoms with van der Waals surface area (Å²) in [7, 11) is 0. The van der Waals surface area contributed by atoms with Gasteiger partial charge in [-0.05, 0) is 18.6 Å². The molecule has 0 bridgehead atoms. The van der Waals surface area contributed by atoms with Crippen molar-refractivity contribution in [1.29, 1.82) is 0 Å². The van der Waals surface area contributed by atoms with Gasteiger partial charge in [-0.15, -0.1) is 0 Å². The van der Waals surface area contributed by atoms with Crippen LogP contribution in [0, 0.1) is 6.92 Å². The lowest BCUT2D eigenvalue weighted by Crippen LogP contribution is -2.54. The van der Waals surface area contributed by atoms with E-state index < -0.39 is 17.4 Å². The Labute approximate surface area is 117 Å². The van der Waals surface area contributed by atoms with Gasteiger partial charge < -0.3 is 15.2 Å². The van der Waals surface area contributed by atoms with Gasteiger partial charge in [-0.3, -0.25) is 4.79 Å². The highest BCUT2D eigenvalue weighted by molar-refractivity contribution is 5.96. The fourth-order valence-corrected chi connectivity index (χ4v) is 2.11. The van der Waals surface area contributed by atoms with Gasteiger partial charge >= 0.3 is 5.97 Å². The van der Waals surface area contributed by atoms with Gasteiger partial charge in [0.05, 0.1) is 6.61 Å². The Hall–Kier alpha value is -2.14. The van der Waals surface area contributed by atoms with E-state index in [1.54, 1.807) is 6.08 Å². The number of carbonyl (C=O) groups is 2. The second-order valence-electron chi connectivity index (χ2n) is 4.93. The van der Waals surface area contributed by atoms with Crippen LogP contribution >= 0.6 is 0 Å². The van der Waals surface area contributed by atoms with Crippen LogP contribution in [-0.4, -0.2) is 35.7 Å². The van der Waals surface area contributed by atoms with Gasteiger partial charge in [0.15, 0.2) is 5.54 Å². The van der Waals surface area contributed by atoms with E-state index in [1.807, 2.05) is 31.2 Å². The first-order chi connectivity index (χ1) is 9.52. The molecule has 1 heterocycles. The van der Waals surface area contributed by atoms with Crippen LogP contribution in [0.2, 0.25) is 0 Å². The molecular weight excluding hydrogens is 258 g/mol. The number of nitrogens with one attached hydrogen (secondary N) is 1. The second-order valence-corrected chi connectivity index (χ2v) is 4.93. The summed E-state index contributed by atoms with van der Waals surface area (Å²) in [5.41, 5.74) is 0.694. The quantitative estimate of drug-likeness (QED) is 0.814. The predicted molar refractivity (Wildman–Crippen MR) is 74.2 cm³/mol. The fraction of sp³-hybridized carbons (Fsp3) is 0.333. The van der Waals surface area contributed by atoms with Crippen molar-refractivity contribution in [2.75, 3.05) is 13.2 Å². The molecule has 1 aromatic carbocycles. The Morgan fingerprint density at radius 3 is 2.85 bits per heavy atom. The molecule has 1 aliphatic rings. The second kappa shape index (κ2) is 5.88. The lowest BCUT2D eigenvalue weighted by Gasteiger charge is -2.22. The molecule has 1 saturated heterocycles. The number of ether oxygens (including phenoxy) is 1. The zero-order valence-electron chi connectivity index (χ0n) is 11.3. The SMILES string of the molecule is Cc1cccc(C=CC(=O)NC2(C(=O)O)CCOC2)c1. The van der Waals surface area contributed by atoms with Crippen molar-refractivity contribution in [2.45, 2.75) is 18.9 Å². The summed E-state index contributed by atoms with van der Waals surface area (Å²) in [6.07, 6.45) is 3.29. The van der Waals surface area contributed by atoms with Crippen molar-refractivity contribution in [3.05, 3.63) is 41.5 Å². The molecule has 0 saturated carbocycles. The van der Waals surface area contributed by atoms with E-state index >= 15 is 0 Å². The van der Waals surface area contributed by atoms with Crippen LogP contribution in [0.1, 0.15) is 17.5 Å². The van der Waals surface area contributed by atoms with Gasteiger partial charge in [0.25, 0.3) is 0 Å². The highest BCUT2D eigenvalue weighted by Crippen LogP contribution is 2.19. The molecule has 106 valence electrons. The van der Waals surface area contributed by atoms with Crippen LogP contribution < -0.4 is 5.32 Å². The van der Waals surface area contributed by atoms with Crippen LogP contribution in [0.5, 0.6) is 0 Å². The maximum absolute atomic E-state index is 11.9. The number of carbonyl (C=O) groups excluding carboxylic acids is 1. The summed E-state index contributed by atoms with van der Waals surface area (Å²) in [6.45, 7) is 2.31. The monoisotopic (exact) mass is 275 g/mol. The summed E-state index contributed by atoms with van der Waals surface area (Å²) >= 11 is 0. The smallest absolute Gasteiger partial charge is 0.331 e. The molecule has 5 nitrogen and oxygen atoms in total. The van der Waals surface area contributed by atoms with Crippen molar-refractivity contribution < 1.29 is 19.4 Å². The van der Waals surface area contributed by atoms with E-state index in [9.17, 15) is 14.7 Å². The minimum atomic E-state index is -1.30. The van der Waals surface area contributed by atoms with Crippen LogP contribution in [0.4, 0.5) is 0 Å². The van der Waals surface area contributed by atoms with Gasteiger partial charge in [-0.25, -0.2) is 4.79 Å². The summed E-state index contributed by atoms with van der Waals surface area (Å²) in [5.74, 6) is -1.49. The van der Waals surface area contributed by atoms with Gasteiger partial charge in [0, 0.05) is 19.1 Å².